The predicted octanol–water partition coefficient (Wildman–Crippen LogP) is 2.03. The molecule has 0 aliphatic carbocycles. The number of benzene rings is 2. The van der Waals surface area contributed by atoms with Gasteiger partial charge in [-0.2, -0.15) is 10.2 Å². The summed E-state index contributed by atoms with van der Waals surface area (Å²) in [7, 11) is 1.60. The third-order valence-electron chi connectivity index (χ3n) is 5.92. The Hall–Kier alpha value is -2.74. The molecule has 0 saturated carbocycles. The first kappa shape index (κ1) is 18.3. The summed E-state index contributed by atoms with van der Waals surface area (Å²) in [5, 5.41) is 19.3. The minimum Gasteiger partial charge on any atom is -0.507 e. The molecule has 0 radical (unpaired) electrons. The largest absolute Gasteiger partial charge is 0.507 e. The van der Waals surface area contributed by atoms with Crippen LogP contribution in [0.4, 0.5) is 0 Å². The van der Waals surface area contributed by atoms with Crippen LogP contribution in [0.3, 0.4) is 0 Å². The highest BCUT2D eigenvalue weighted by Crippen LogP contribution is 2.38. The molecule has 29 heavy (non-hydrogen) atoms. The number of aromatic hydroxyl groups is 1. The van der Waals surface area contributed by atoms with E-state index < -0.39 is 0 Å². The zero-order chi connectivity index (χ0) is 19.8. The van der Waals surface area contributed by atoms with Gasteiger partial charge in [-0.05, 0) is 23.8 Å². The average molecular weight is 391 g/mol. The number of ether oxygens (including phenoxy) is 1. The SMILES string of the molecule is COc1ccc(O)c(/C=N/N=C(/c2ccccc2)C23CN4CN(CN(C4)C2)C3)c1. The van der Waals surface area contributed by atoms with E-state index >= 15 is 0 Å². The van der Waals surface area contributed by atoms with Gasteiger partial charge in [-0.3, -0.25) is 14.7 Å². The van der Waals surface area contributed by atoms with E-state index in [2.05, 4.69) is 31.9 Å². The summed E-state index contributed by atoms with van der Waals surface area (Å²) in [6, 6.07) is 15.4. The van der Waals surface area contributed by atoms with E-state index in [0.717, 1.165) is 50.9 Å². The summed E-state index contributed by atoms with van der Waals surface area (Å²) in [6.07, 6.45) is 1.60. The highest BCUT2D eigenvalue weighted by molar-refractivity contribution is 6.05. The van der Waals surface area contributed by atoms with Gasteiger partial charge >= 0.3 is 0 Å². The Morgan fingerprint density at radius 1 is 1.00 bits per heavy atom. The number of phenolic OH excluding ortho intramolecular Hbond substituents is 1. The molecule has 2 aromatic carbocycles. The molecule has 7 heteroatoms. The molecule has 4 heterocycles. The number of hydrogen-bond donors (Lipinski definition) is 1. The van der Waals surface area contributed by atoms with Gasteiger partial charge < -0.3 is 9.84 Å². The van der Waals surface area contributed by atoms with Crippen molar-refractivity contribution in [3.05, 3.63) is 59.7 Å². The Bertz CT molecular complexity index is 922. The molecule has 4 aliphatic heterocycles. The molecular weight excluding hydrogens is 366 g/mol. The predicted molar refractivity (Wildman–Crippen MR) is 112 cm³/mol. The van der Waals surface area contributed by atoms with Crippen molar-refractivity contribution in [3.8, 4) is 11.5 Å². The molecule has 1 N–H and O–H groups in total. The fraction of sp³-hybridized carbons (Fsp3) is 0.364. The lowest BCUT2D eigenvalue weighted by molar-refractivity contribution is -0.149. The second-order valence-corrected chi connectivity index (χ2v) is 8.18. The smallest absolute Gasteiger partial charge is 0.124 e. The van der Waals surface area contributed by atoms with Crippen LogP contribution < -0.4 is 4.74 Å². The molecule has 0 spiro atoms. The van der Waals surface area contributed by atoms with Crippen molar-refractivity contribution in [1.82, 2.24) is 14.7 Å². The topological polar surface area (TPSA) is 63.9 Å². The number of rotatable bonds is 5. The average Bonchev–Trinajstić information content (AvgIpc) is 2.72. The summed E-state index contributed by atoms with van der Waals surface area (Å²) in [6.45, 7) is 6.07. The molecule has 0 atom stereocenters. The van der Waals surface area contributed by atoms with E-state index in [0.29, 0.717) is 11.3 Å². The van der Waals surface area contributed by atoms with Crippen LogP contribution in [0.15, 0.2) is 58.7 Å². The molecule has 7 nitrogen and oxygen atoms in total. The first-order chi connectivity index (χ1) is 14.1. The normalized spacial score (nSPS) is 30.8. The van der Waals surface area contributed by atoms with E-state index in [1.807, 2.05) is 18.2 Å². The van der Waals surface area contributed by atoms with Crippen molar-refractivity contribution in [3.63, 3.8) is 0 Å². The van der Waals surface area contributed by atoms with Crippen LogP contribution in [-0.2, 0) is 0 Å². The third-order valence-corrected chi connectivity index (χ3v) is 5.92. The van der Waals surface area contributed by atoms with E-state index in [4.69, 9.17) is 9.84 Å². The van der Waals surface area contributed by atoms with E-state index in [-0.39, 0.29) is 11.2 Å². The maximum Gasteiger partial charge on any atom is 0.124 e. The Balaban J connectivity index is 1.52. The summed E-state index contributed by atoms with van der Waals surface area (Å²) >= 11 is 0. The molecule has 0 amide bonds. The molecule has 4 fully saturated rings. The number of phenols is 1. The van der Waals surface area contributed by atoms with Crippen LogP contribution in [-0.4, -0.2) is 78.5 Å². The minimum atomic E-state index is -0.0656. The molecule has 2 aromatic rings. The fourth-order valence-electron chi connectivity index (χ4n) is 4.92. The summed E-state index contributed by atoms with van der Waals surface area (Å²) in [5.41, 5.74) is 2.63. The Labute approximate surface area is 170 Å². The molecule has 6 rings (SSSR count). The second kappa shape index (κ2) is 7.26. The number of nitrogens with zero attached hydrogens (tertiary/aromatic N) is 5. The molecule has 0 aromatic heterocycles. The van der Waals surface area contributed by atoms with Crippen LogP contribution in [0.5, 0.6) is 11.5 Å². The van der Waals surface area contributed by atoms with Crippen LogP contribution in [0, 0.1) is 5.41 Å². The maximum atomic E-state index is 10.1. The number of hydrogen-bond acceptors (Lipinski definition) is 7. The van der Waals surface area contributed by atoms with Gasteiger partial charge in [0.15, 0.2) is 0 Å². The lowest BCUT2D eigenvalue weighted by atomic mass is 9.74. The van der Waals surface area contributed by atoms with Crippen molar-refractivity contribution < 1.29 is 9.84 Å². The number of methoxy groups -OCH3 is 1. The van der Waals surface area contributed by atoms with Gasteiger partial charge in [-0.15, -0.1) is 0 Å². The van der Waals surface area contributed by atoms with Gasteiger partial charge in [-0.25, -0.2) is 0 Å². The zero-order valence-corrected chi connectivity index (χ0v) is 16.5. The third kappa shape index (κ3) is 3.42. The molecule has 4 bridgehead atoms. The molecule has 4 aliphatic rings. The van der Waals surface area contributed by atoms with E-state index in [9.17, 15) is 5.11 Å². The van der Waals surface area contributed by atoms with Crippen molar-refractivity contribution in [2.45, 2.75) is 0 Å². The highest BCUT2D eigenvalue weighted by atomic mass is 16.5. The van der Waals surface area contributed by atoms with Crippen LogP contribution >= 0.6 is 0 Å². The van der Waals surface area contributed by atoms with Crippen molar-refractivity contribution in [1.29, 1.82) is 0 Å². The Morgan fingerprint density at radius 2 is 1.66 bits per heavy atom. The standard InChI is InChI=1S/C22H25N5O2/c1-29-19-7-8-20(28)18(9-19)10-23-24-21(17-5-3-2-4-6-17)22-11-25-14-26(12-22)16-27(13-22)15-25/h2-10,28H,11-16H2,1H3/b23-10+,24-21-. The summed E-state index contributed by atoms with van der Waals surface area (Å²) in [4.78, 5) is 7.44. The van der Waals surface area contributed by atoms with E-state index in [1.54, 1.807) is 31.5 Å². The Kier molecular flexibility index (Phi) is 4.58. The van der Waals surface area contributed by atoms with Crippen LogP contribution in [0.2, 0.25) is 0 Å². The molecule has 150 valence electrons. The summed E-state index contributed by atoms with van der Waals surface area (Å²) < 4.78 is 5.25. The second-order valence-electron chi connectivity index (χ2n) is 8.18. The molecule has 4 saturated heterocycles. The first-order valence-electron chi connectivity index (χ1n) is 9.86. The lowest BCUT2D eigenvalue weighted by Gasteiger charge is -2.60. The summed E-state index contributed by atoms with van der Waals surface area (Å²) in [5.74, 6) is 0.829. The Morgan fingerprint density at radius 3 is 2.28 bits per heavy atom. The van der Waals surface area contributed by atoms with Gasteiger partial charge in [0.1, 0.15) is 11.5 Å². The minimum absolute atomic E-state index is 0.0656. The maximum absolute atomic E-state index is 10.1. The van der Waals surface area contributed by atoms with Crippen molar-refractivity contribution >= 4 is 11.9 Å². The van der Waals surface area contributed by atoms with Crippen LogP contribution in [0.25, 0.3) is 0 Å². The molecular formula is C22H25N5O2. The van der Waals surface area contributed by atoms with Gasteiger partial charge in [0.25, 0.3) is 0 Å². The fourth-order valence-corrected chi connectivity index (χ4v) is 4.92. The first-order valence-corrected chi connectivity index (χ1v) is 9.86. The van der Waals surface area contributed by atoms with Crippen molar-refractivity contribution in [2.24, 2.45) is 15.6 Å². The van der Waals surface area contributed by atoms with Gasteiger partial charge in [0.05, 0.1) is 44.5 Å². The lowest BCUT2D eigenvalue weighted by Crippen LogP contribution is -2.74. The van der Waals surface area contributed by atoms with E-state index in [1.165, 1.54) is 0 Å². The van der Waals surface area contributed by atoms with Gasteiger partial charge in [0.2, 0.25) is 0 Å². The van der Waals surface area contributed by atoms with Crippen LogP contribution in [0.1, 0.15) is 11.1 Å². The monoisotopic (exact) mass is 391 g/mol. The quantitative estimate of drug-likeness (QED) is 0.624. The zero-order valence-electron chi connectivity index (χ0n) is 16.5. The van der Waals surface area contributed by atoms with Gasteiger partial charge in [0, 0.05) is 25.2 Å². The van der Waals surface area contributed by atoms with Gasteiger partial charge in [-0.1, -0.05) is 30.3 Å². The molecule has 0 unspecified atom stereocenters. The van der Waals surface area contributed by atoms with Crippen molar-refractivity contribution in [2.75, 3.05) is 46.8 Å². The highest BCUT2D eigenvalue weighted by Gasteiger charge is 2.51.